The Morgan fingerprint density at radius 1 is 1.38 bits per heavy atom. The molecule has 1 heterocycles. The van der Waals surface area contributed by atoms with Crippen molar-refractivity contribution in [3.63, 3.8) is 0 Å². The normalized spacial score (nSPS) is 25.3. The van der Waals surface area contributed by atoms with E-state index in [4.69, 9.17) is 0 Å². The number of aliphatic carboxylic acids is 1. The van der Waals surface area contributed by atoms with Crippen LogP contribution in [0.15, 0.2) is 36.5 Å². The Hall–Kier alpha value is -1.90. The Morgan fingerprint density at radius 3 is 2.90 bits per heavy atom. The van der Waals surface area contributed by atoms with Crippen LogP contribution in [0, 0.1) is 11.3 Å². The first kappa shape index (κ1) is 14.1. The van der Waals surface area contributed by atoms with Gasteiger partial charge in [-0.2, -0.15) is 0 Å². The second-order valence-electron chi connectivity index (χ2n) is 6.27. The highest BCUT2D eigenvalue weighted by Crippen LogP contribution is 2.46. The summed E-state index contributed by atoms with van der Waals surface area (Å²) in [6.45, 7) is 2.16. The van der Waals surface area contributed by atoms with Crippen LogP contribution in [0.1, 0.15) is 38.2 Å². The second kappa shape index (κ2) is 5.47. The van der Waals surface area contributed by atoms with Crippen LogP contribution in [0.2, 0.25) is 0 Å². The van der Waals surface area contributed by atoms with Gasteiger partial charge in [0.2, 0.25) is 0 Å². The first-order valence-corrected chi connectivity index (χ1v) is 7.70. The Bertz CT molecular complexity index is 662. The second-order valence-corrected chi connectivity index (χ2v) is 6.27. The van der Waals surface area contributed by atoms with Gasteiger partial charge in [-0.05, 0) is 49.3 Å². The molecule has 0 radical (unpaired) electrons. The fourth-order valence-corrected chi connectivity index (χ4v) is 3.69. The molecular weight excluding hydrogens is 262 g/mol. The van der Waals surface area contributed by atoms with E-state index in [0.29, 0.717) is 12.3 Å². The van der Waals surface area contributed by atoms with Gasteiger partial charge in [0.15, 0.2) is 0 Å². The molecular formula is C18H21NO2. The highest BCUT2D eigenvalue weighted by molar-refractivity contribution is 5.83. The van der Waals surface area contributed by atoms with Gasteiger partial charge in [0.25, 0.3) is 0 Å². The van der Waals surface area contributed by atoms with Crippen molar-refractivity contribution in [2.75, 3.05) is 0 Å². The van der Waals surface area contributed by atoms with Crippen LogP contribution in [-0.2, 0) is 11.2 Å². The van der Waals surface area contributed by atoms with Crippen LogP contribution in [0.3, 0.4) is 0 Å². The van der Waals surface area contributed by atoms with Crippen LogP contribution < -0.4 is 0 Å². The minimum absolute atomic E-state index is 0.550. The minimum Gasteiger partial charge on any atom is -0.481 e. The fourth-order valence-electron chi connectivity index (χ4n) is 3.69. The van der Waals surface area contributed by atoms with E-state index < -0.39 is 11.4 Å². The number of pyridine rings is 1. The number of carboxylic acids is 1. The monoisotopic (exact) mass is 283 g/mol. The molecule has 1 aromatic heterocycles. The van der Waals surface area contributed by atoms with Crippen molar-refractivity contribution in [1.82, 2.24) is 4.98 Å². The standard InChI is InChI=1S/C18H21NO2/c1-2-13-7-9-18(11-13,17(20)21)12-14-8-10-19-16-6-4-3-5-15(14)16/h3-6,8,10,13H,2,7,9,11-12H2,1H3,(H,20,21). The zero-order valence-electron chi connectivity index (χ0n) is 12.4. The van der Waals surface area contributed by atoms with Gasteiger partial charge < -0.3 is 5.11 Å². The number of aromatic nitrogens is 1. The third-order valence-electron chi connectivity index (χ3n) is 5.01. The molecule has 0 amide bonds. The Kier molecular flexibility index (Phi) is 3.66. The lowest BCUT2D eigenvalue weighted by atomic mass is 9.78. The predicted octanol–water partition coefficient (Wildman–Crippen LogP) is 4.06. The molecule has 110 valence electrons. The smallest absolute Gasteiger partial charge is 0.309 e. The molecule has 3 heteroatoms. The summed E-state index contributed by atoms with van der Waals surface area (Å²) < 4.78 is 0. The lowest BCUT2D eigenvalue weighted by Gasteiger charge is -2.25. The van der Waals surface area contributed by atoms with E-state index in [1.54, 1.807) is 6.20 Å². The minimum atomic E-state index is -0.639. The summed E-state index contributed by atoms with van der Waals surface area (Å²) in [7, 11) is 0. The van der Waals surface area contributed by atoms with Crippen LogP contribution >= 0.6 is 0 Å². The molecule has 21 heavy (non-hydrogen) atoms. The summed E-state index contributed by atoms with van der Waals surface area (Å²) in [6.07, 6.45) is 6.10. The quantitative estimate of drug-likeness (QED) is 0.920. The van der Waals surface area contributed by atoms with E-state index in [-0.39, 0.29) is 0 Å². The third kappa shape index (κ3) is 2.53. The molecule has 3 rings (SSSR count). The van der Waals surface area contributed by atoms with Crippen molar-refractivity contribution in [1.29, 1.82) is 0 Å². The van der Waals surface area contributed by atoms with Gasteiger partial charge in [0.05, 0.1) is 10.9 Å². The number of para-hydroxylation sites is 1. The SMILES string of the molecule is CCC1CCC(Cc2ccnc3ccccc23)(C(=O)O)C1. The number of nitrogens with zero attached hydrogens (tertiary/aromatic N) is 1. The topological polar surface area (TPSA) is 50.2 Å². The summed E-state index contributed by atoms with van der Waals surface area (Å²) in [4.78, 5) is 16.3. The molecule has 2 atom stereocenters. The Balaban J connectivity index is 1.98. The third-order valence-corrected chi connectivity index (χ3v) is 5.01. The summed E-state index contributed by atoms with van der Waals surface area (Å²) in [6, 6.07) is 9.96. The molecule has 3 nitrogen and oxygen atoms in total. The highest BCUT2D eigenvalue weighted by Gasteiger charge is 2.45. The van der Waals surface area contributed by atoms with Gasteiger partial charge in [0.1, 0.15) is 0 Å². The van der Waals surface area contributed by atoms with E-state index in [0.717, 1.165) is 42.1 Å². The summed E-state index contributed by atoms with van der Waals surface area (Å²) >= 11 is 0. The number of hydrogen-bond donors (Lipinski definition) is 1. The number of benzene rings is 1. The van der Waals surface area contributed by atoms with Gasteiger partial charge >= 0.3 is 5.97 Å². The fraction of sp³-hybridized carbons (Fsp3) is 0.444. The summed E-state index contributed by atoms with van der Waals surface area (Å²) in [5.74, 6) is -0.0893. The van der Waals surface area contributed by atoms with E-state index in [9.17, 15) is 9.90 Å². The number of rotatable bonds is 4. The van der Waals surface area contributed by atoms with Gasteiger partial charge in [0, 0.05) is 11.6 Å². The molecule has 1 saturated carbocycles. The van der Waals surface area contributed by atoms with Crippen LogP contribution in [0.4, 0.5) is 0 Å². The Morgan fingerprint density at radius 2 is 2.19 bits per heavy atom. The van der Waals surface area contributed by atoms with E-state index in [1.165, 1.54) is 0 Å². The molecule has 1 aromatic carbocycles. The molecule has 1 aliphatic carbocycles. The van der Waals surface area contributed by atoms with Gasteiger partial charge in [-0.3, -0.25) is 9.78 Å². The maximum Gasteiger partial charge on any atom is 0.309 e. The average molecular weight is 283 g/mol. The van der Waals surface area contributed by atoms with Crippen molar-refractivity contribution in [3.8, 4) is 0 Å². The molecule has 2 unspecified atom stereocenters. The van der Waals surface area contributed by atoms with Crippen molar-refractivity contribution < 1.29 is 9.90 Å². The van der Waals surface area contributed by atoms with E-state index in [2.05, 4.69) is 11.9 Å². The van der Waals surface area contributed by atoms with E-state index in [1.807, 2.05) is 30.3 Å². The zero-order valence-corrected chi connectivity index (χ0v) is 12.4. The molecule has 2 aromatic rings. The zero-order chi connectivity index (χ0) is 14.9. The summed E-state index contributed by atoms with van der Waals surface area (Å²) in [5, 5.41) is 10.9. The molecule has 0 bridgehead atoms. The molecule has 1 fully saturated rings. The van der Waals surface area contributed by atoms with Crippen LogP contribution in [0.25, 0.3) is 10.9 Å². The molecule has 1 aliphatic rings. The van der Waals surface area contributed by atoms with Crippen molar-refractivity contribution in [2.45, 2.75) is 39.0 Å². The van der Waals surface area contributed by atoms with Crippen LogP contribution in [-0.4, -0.2) is 16.1 Å². The number of hydrogen-bond acceptors (Lipinski definition) is 2. The van der Waals surface area contributed by atoms with Gasteiger partial charge in [-0.1, -0.05) is 31.5 Å². The molecule has 0 aliphatic heterocycles. The molecule has 0 spiro atoms. The van der Waals surface area contributed by atoms with Crippen molar-refractivity contribution in [2.24, 2.45) is 11.3 Å². The Labute approximate surface area is 125 Å². The lowest BCUT2D eigenvalue weighted by Crippen LogP contribution is -2.30. The first-order chi connectivity index (χ1) is 10.1. The first-order valence-electron chi connectivity index (χ1n) is 7.70. The van der Waals surface area contributed by atoms with E-state index >= 15 is 0 Å². The number of carboxylic acid groups (broad SMARTS) is 1. The van der Waals surface area contributed by atoms with Gasteiger partial charge in [-0.25, -0.2) is 0 Å². The van der Waals surface area contributed by atoms with Crippen LogP contribution in [0.5, 0.6) is 0 Å². The predicted molar refractivity (Wildman–Crippen MR) is 83.1 cm³/mol. The van der Waals surface area contributed by atoms with Crippen molar-refractivity contribution in [3.05, 3.63) is 42.1 Å². The number of carbonyl (C=O) groups is 1. The maximum atomic E-state index is 11.9. The molecule has 0 saturated heterocycles. The highest BCUT2D eigenvalue weighted by atomic mass is 16.4. The average Bonchev–Trinajstić information content (AvgIpc) is 2.92. The largest absolute Gasteiger partial charge is 0.481 e. The maximum absolute atomic E-state index is 11.9. The van der Waals surface area contributed by atoms with Crippen molar-refractivity contribution >= 4 is 16.9 Å². The number of fused-ring (bicyclic) bond motifs is 1. The molecule has 1 N–H and O–H groups in total. The summed E-state index contributed by atoms with van der Waals surface area (Å²) in [5.41, 5.74) is 1.46. The lowest BCUT2D eigenvalue weighted by molar-refractivity contribution is -0.148. The van der Waals surface area contributed by atoms with Gasteiger partial charge in [-0.15, -0.1) is 0 Å².